The number of amides is 3. The van der Waals surface area contributed by atoms with Gasteiger partial charge in [0.15, 0.2) is 15.6 Å². The van der Waals surface area contributed by atoms with E-state index >= 15 is 0 Å². The molecular weight excluding hydrogens is 513 g/mol. The van der Waals surface area contributed by atoms with Crippen LogP contribution in [0.15, 0.2) is 35.2 Å². The van der Waals surface area contributed by atoms with Gasteiger partial charge in [-0.1, -0.05) is 17.7 Å². The van der Waals surface area contributed by atoms with Crippen molar-refractivity contribution in [2.75, 3.05) is 23.7 Å². The largest absolute Gasteiger partial charge is 0.504 e. The molecule has 1 heterocycles. The number of urea groups is 1. The number of hydrogen-bond donors (Lipinski definition) is 3. The summed E-state index contributed by atoms with van der Waals surface area (Å²) in [5.74, 6) is -1.24. The predicted molar refractivity (Wildman–Crippen MR) is 135 cm³/mol. The summed E-state index contributed by atoms with van der Waals surface area (Å²) in [6.45, 7) is 6.83. The molecule has 1 saturated heterocycles. The Kier molecular flexibility index (Phi) is 8.04. The molecule has 36 heavy (non-hydrogen) atoms. The number of hydrogen-bond acceptors (Lipinski definition) is 6. The van der Waals surface area contributed by atoms with Gasteiger partial charge in [0.1, 0.15) is 16.3 Å². The number of aromatic hydroxyl groups is 1. The zero-order chi connectivity index (χ0) is 26.8. The minimum Gasteiger partial charge on any atom is -0.504 e. The summed E-state index contributed by atoms with van der Waals surface area (Å²) in [5.41, 5.74) is -0.527. The maximum atomic E-state index is 13.8. The van der Waals surface area contributed by atoms with E-state index in [1.807, 2.05) is 0 Å². The fourth-order valence-corrected chi connectivity index (χ4v) is 6.17. The first kappa shape index (κ1) is 27.5. The van der Waals surface area contributed by atoms with Crippen LogP contribution in [0.1, 0.15) is 39.2 Å². The number of carbonyl (C=O) groups is 2. The first-order chi connectivity index (χ1) is 16.7. The molecule has 3 N–H and O–H groups in total. The summed E-state index contributed by atoms with van der Waals surface area (Å²) in [6.07, 6.45) is 0.0286. The summed E-state index contributed by atoms with van der Waals surface area (Å²) >= 11 is 6.18. The van der Waals surface area contributed by atoms with Gasteiger partial charge in [0.2, 0.25) is 0 Å². The highest BCUT2D eigenvalue weighted by Gasteiger charge is 2.38. The van der Waals surface area contributed by atoms with Gasteiger partial charge in [0.05, 0.1) is 16.0 Å². The van der Waals surface area contributed by atoms with E-state index in [4.69, 9.17) is 16.3 Å². The molecule has 0 saturated carbocycles. The third-order valence-corrected chi connectivity index (χ3v) is 8.27. The molecule has 0 spiro atoms. The Bertz CT molecular complexity index is 1280. The van der Waals surface area contributed by atoms with Crippen LogP contribution in [-0.4, -0.2) is 54.5 Å². The van der Waals surface area contributed by atoms with Crippen LogP contribution in [-0.2, 0) is 14.6 Å². The molecule has 1 unspecified atom stereocenters. The van der Waals surface area contributed by atoms with Crippen LogP contribution in [0.2, 0.25) is 5.02 Å². The standard InChI is InChI=1S/C24H29ClFN3O6S/c1-14-17(26)8-5-9-18(14)27-22(31)28-19-11-10-16(25)21(20(19)30)36(33,34)15-7-6-12-29(13-15)23(32)35-24(2,3)4/h5,8-11,15,30H,6-7,12-13H2,1-4H3,(H2,27,28,31). The fourth-order valence-electron chi connectivity index (χ4n) is 3.79. The molecule has 1 aliphatic rings. The number of ether oxygens (including phenoxy) is 1. The number of nitrogens with one attached hydrogen (secondary N) is 2. The molecule has 12 heteroatoms. The van der Waals surface area contributed by atoms with Gasteiger partial charge in [-0.2, -0.15) is 0 Å². The number of piperidine rings is 1. The summed E-state index contributed by atoms with van der Waals surface area (Å²) in [6, 6.07) is 5.84. The highest BCUT2D eigenvalue weighted by Crippen LogP contribution is 2.40. The summed E-state index contributed by atoms with van der Waals surface area (Å²) in [7, 11) is -4.22. The number of nitrogens with zero attached hydrogens (tertiary/aromatic N) is 1. The van der Waals surface area contributed by atoms with Crippen LogP contribution in [0, 0.1) is 12.7 Å². The van der Waals surface area contributed by atoms with E-state index in [-0.39, 0.29) is 34.9 Å². The van der Waals surface area contributed by atoms with Gasteiger partial charge in [-0.25, -0.2) is 22.4 Å². The highest BCUT2D eigenvalue weighted by molar-refractivity contribution is 7.92. The van der Waals surface area contributed by atoms with Gasteiger partial charge < -0.3 is 25.4 Å². The summed E-state index contributed by atoms with van der Waals surface area (Å²) in [4.78, 5) is 25.7. The Hall–Kier alpha value is -3.05. The van der Waals surface area contributed by atoms with E-state index in [2.05, 4.69) is 10.6 Å². The zero-order valence-corrected chi connectivity index (χ0v) is 22.0. The molecule has 0 aromatic heterocycles. The van der Waals surface area contributed by atoms with Crippen molar-refractivity contribution < 1.29 is 32.2 Å². The van der Waals surface area contributed by atoms with Crippen LogP contribution < -0.4 is 10.6 Å². The molecule has 3 rings (SSSR count). The normalized spacial score (nSPS) is 16.4. The van der Waals surface area contributed by atoms with E-state index in [0.29, 0.717) is 13.0 Å². The van der Waals surface area contributed by atoms with Crippen molar-refractivity contribution in [1.82, 2.24) is 4.90 Å². The van der Waals surface area contributed by atoms with Crippen LogP contribution in [0.25, 0.3) is 0 Å². The Morgan fingerprint density at radius 2 is 1.83 bits per heavy atom. The molecule has 0 aliphatic carbocycles. The second-order valence-electron chi connectivity index (χ2n) is 9.50. The quantitative estimate of drug-likeness (QED) is 0.450. The lowest BCUT2D eigenvalue weighted by Crippen LogP contribution is -2.47. The highest BCUT2D eigenvalue weighted by atomic mass is 35.5. The third-order valence-electron chi connectivity index (χ3n) is 5.60. The number of likely N-dealkylation sites (tertiary alicyclic amines) is 1. The van der Waals surface area contributed by atoms with Crippen LogP contribution >= 0.6 is 11.6 Å². The minimum absolute atomic E-state index is 0.135. The van der Waals surface area contributed by atoms with Gasteiger partial charge in [0, 0.05) is 24.3 Å². The Morgan fingerprint density at radius 1 is 1.17 bits per heavy atom. The molecule has 2 aromatic carbocycles. The van der Waals surface area contributed by atoms with Crippen molar-refractivity contribution in [2.45, 2.75) is 56.3 Å². The summed E-state index contributed by atoms with van der Waals surface area (Å²) in [5, 5.41) is 14.4. The molecule has 1 aliphatic heterocycles. The second-order valence-corrected chi connectivity index (χ2v) is 12.1. The van der Waals surface area contributed by atoms with Crippen LogP contribution in [0.4, 0.5) is 25.4 Å². The molecule has 1 atom stereocenters. The number of phenolic OH excluding ortho intramolecular Hbond substituents is 1. The average Bonchev–Trinajstić information content (AvgIpc) is 2.78. The van der Waals surface area contributed by atoms with Gasteiger partial charge in [0.25, 0.3) is 0 Å². The summed E-state index contributed by atoms with van der Waals surface area (Å²) < 4.78 is 46.1. The first-order valence-corrected chi connectivity index (χ1v) is 13.2. The number of halogens is 2. The van der Waals surface area contributed by atoms with E-state index in [9.17, 15) is 27.5 Å². The molecule has 0 radical (unpaired) electrons. The number of benzene rings is 2. The smallest absolute Gasteiger partial charge is 0.410 e. The van der Waals surface area contributed by atoms with Crippen molar-refractivity contribution in [3.05, 3.63) is 46.7 Å². The lowest BCUT2D eigenvalue weighted by molar-refractivity contribution is 0.0219. The molecular formula is C24H29ClFN3O6S. The molecule has 2 aromatic rings. The topological polar surface area (TPSA) is 125 Å². The molecule has 0 bridgehead atoms. The lowest BCUT2D eigenvalue weighted by atomic mass is 10.1. The van der Waals surface area contributed by atoms with E-state index in [1.165, 1.54) is 42.2 Å². The number of phenols is 1. The van der Waals surface area contributed by atoms with Crippen molar-refractivity contribution in [2.24, 2.45) is 0 Å². The molecule has 1 fully saturated rings. The number of carbonyl (C=O) groups excluding carboxylic acids is 2. The SMILES string of the molecule is Cc1c(F)cccc1NC(=O)Nc1ccc(Cl)c(S(=O)(=O)C2CCCN(C(=O)OC(C)(C)C)C2)c1O. The van der Waals surface area contributed by atoms with Crippen molar-refractivity contribution in [3.8, 4) is 5.75 Å². The number of rotatable bonds is 4. The second kappa shape index (κ2) is 10.5. The van der Waals surface area contributed by atoms with E-state index in [1.54, 1.807) is 20.8 Å². The lowest BCUT2D eigenvalue weighted by Gasteiger charge is -2.34. The maximum absolute atomic E-state index is 13.8. The maximum Gasteiger partial charge on any atom is 0.410 e. The monoisotopic (exact) mass is 541 g/mol. The van der Waals surface area contributed by atoms with Crippen molar-refractivity contribution in [3.63, 3.8) is 0 Å². The zero-order valence-electron chi connectivity index (χ0n) is 20.4. The van der Waals surface area contributed by atoms with Gasteiger partial charge in [-0.3, -0.25) is 0 Å². The first-order valence-electron chi connectivity index (χ1n) is 11.3. The van der Waals surface area contributed by atoms with E-state index in [0.717, 1.165) is 0 Å². The van der Waals surface area contributed by atoms with Crippen molar-refractivity contribution >= 4 is 44.9 Å². The minimum atomic E-state index is -4.22. The van der Waals surface area contributed by atoms with E-state index < -0.39 is 49.3 Å². The van der Waals surface area contributed by atoms with Gasteiger partial charge >= 0.3 is 12.1 Å². The van der Waals surface area contributed by atoms with Crippen molar-refractivity contribution in [1.29, 1.82) is 0 Å². The molecule has 196 valence electrons. The number of sulfone groups is 1. The van der Waals surface area contributed by atoms with Crippen LogP contribution in [0.3, 0.4) is 0 Å². The predicted octanol–water partition coefficient (Wildman–Crippen LogP) is 5.31. The fraction of sp³-hybridized carbons (Fsp3) is 0.417. The molecule has 3 amide bonds. The average molecular weight is 542 g/mol. The van der Waals surface area contributed by atoms with Gasteiger partial charge in [-0.05, 0) is 64.8 Å². The third kappa shape index (κ3) is 6.19. The number of anilines is 2. The van der Waals surface area contributed by atoms with Gasteiger partial charge in [-0.15, -0.1) is 0 Å². The van der Waals surface area contributed by atoms with Crippen LogP contribution in [0.5, 0.6) is 5.75 Å². The molecule has 9 nitrogen and oxygen atoms in total. The Morgan fingerprint density at radius 3 is 2.50 bits per heavy atom. The Labute approximate surface area is 214 Å². The Balaban J connectivity index is 1.83.